The van der Waals surface area contributed by atoms with E-state index in [-0.39, 0.29) is 0 Å². The lowest BCUT2D eigenvalue weighted by molar-refractivity contribution is 0.395. The highest BCUT2D eigenvalue weighted by Crippen LogP contribution is 2.36. The number of thiazole rings is 2. The van der Waals surface area contributed by atoms with Gasteiger partial charge in [0.15, 0.2) is 0 Å². The van der Waals surface area contributed by atoms with Crippen molar-refractivity contribution in [1.29, 1.82) is 0 Å². The van der Waals surface area contributed by atoms with Gasteiger partial charge in [-0.05, 0) is 25.0 Å². The van der Waals surface area contributed by atoms with Gasteiger partial charge in [-0.2, -0.15) is 0 Å². The molecule has 1 fully saturated rings. The third-order valence-corrected chi connectivity index (χ3v) is 8.30. The molecule has 0 amide bonds. The molecule has 1 aromatic carbocycles. The monoisotopic (exact) mass is 448 g/mol. The van der Waals surface area contributed by atoms with E-state index in [1.165, 1.54) is 42.0 Å². The smallest absolute Gasteiger partial charge is 0.132 e. The predicted octanol–water partition coefficient (Wildman–Crippen LogP) is 5.39. The number of methoxy groups -OCH3 is 2. The number of nitrogens with zero attached hydrogens (tertiary/aromatic N) is 2. The number of aromatic nitrogens is 2. The molecule has 1 unspecified atom stereocenters. The number of rotatable bonds is 8. The van der Waals surface area contributed by atoms with Crippen LogP contribution in [0, 0.1) is 0 Å². The maximum atomic E-state index is 12.7. The van der Waals surface area contributed by atoms with Crippen LogP contribution in [-0.4, -0.2) is 28.4 Å². The minimum Gasteiger partial charge on any atom is -0.497 e. The molecular formula is C21H24N2O3S3. The first-order valence-corrected chi connectivity index (χ1v) is 12.9. The van der Waals surface area contributed by atoms with Crippen LogP contribution in [0.3, 0.4) is 0 Å². The van der Waals surface area contributed by atoms with Crippen molar-refractivity contribution in [3.05, 3.63) is 45.4 Å². The first kappa shape index (κ1) is 20.5. The summed E-state index contributed by atoms with van der Waals surface area (Å²) >= 11 is 3.26. The average molecular weight is 449 g/mol. The molecule has 0 aliphatic heterocycles. The topological polar surface area (TPSA) is 61.3 Å². The first-order valence-electron chi connectivity index (χ1n) is 9.62. The summed E-state index contributed by atoms with van der Waals surface area (Å²) in [5, 5.41) is 6.12. The zero-order chi connectivity index (χ0) is 20.2. The van der Waals surface area contributed by atoms with E-state index in [0.717, 1.165) is 27.7 Å². The van der Waals surface area contributed by atoms with Gasteiger partial charge < -0.3 is 9.47 Å². The van der Waals surface area contributed by atoms with Crippen LogP contribution in [0.2, 0.25) is 0 Å². The van der Waals surface area contributed by atoms with Crippen molar-refractivity contribution in [2.75, 3.05) is 14.2 Å². The number of ether oxygens (including phenoxy) is 2. The fraction of sp³-hybridized carbons (Fsp3) is 0.429. The van der Waals surface area contributed by atoms with Gasteiger partial charge in [0, 0.05) is 33.5 Å². The predicted molar refractivity (Wildman–Crippen MR) is 120 cm³/mol. The van der Waals surface area contributed by atoms with E-state index in [2.05, 4.69) is 10.4 Å². The largest absolute Gasteiger partial charge is 0.497 e. The molecule has 1 aliphatic rings. The normalized spacial score (nSPS) is 15.5. The van der Waals surface area contributed by atoms with Gasteiger partial charge in [0.05, 0.1) is 47.7 Å². The SMILES string of the molecule is COc1ccc(-c2nc(CS(=O)Cc3csc(C4CCCC4)n3)cs2)c(OC)c1. The van der Waals surface area contributed by atoms with Gasteiger partial charge in [-0.1, -0.05) is 12.8 Å². The molecule has 1 aliphatic carbocycles. The second kappa shape index (κ2) is 9.36. The summed E-state index contributed by atoms with van der Waals surface area (Å²) in [5.41, 5.74) is 2.70. The lowest BCUT2D eigenvalue weighted by atomic mass is 10.1. The molecule has 5 nitrogen and oxygen atoms in total. The summed E-state index contributed by atoms with van der Waals surface area (Å²) in [4.78, 5) is 9.43. The Morgan fingerprint density at radius 1 is 1.03 bits per heavy atom. The molecule has 3 aromatic rings. The van der Waals surface area contributed by atoms with Gasteiger partial charge in [0.2, 0.25) is 0 Å². The van der Waals surface area contributed by atoms with E-state index in [1.54, 1.807) is 25.6 Å². The van der Waals surface area contributed by atoms with Crippen molar-refractivity contribution in [1.82, 2.24) is 9.97 Å². The molecule has 154 valence electrons. The molecule has 0 bridgehead atoms. The Labute approximate surface area is 181 Å². The van der Waals surface area contributed by atoms with Crippen molar-refractivity contribution in [3.8, 4) is 22.1 Å². The Balaban J connectivity index is 1.41. The van der Waals surface area contributed by atoms with E-state index in [0.29, 0.717) is 23.2 Å². The number of hydrogen-bond donors (Lipinski definition) is 0. The molecule has 0 spiro atoms. The third-order valence-electron chi connectivity index (χ3n) is 5.08. The molecule has 0 radical (unpaired) electrons. The van der Waals surface area contributed by atoms with E-state index in [9.17, 15) is 4.21 Å². The highest BCUT2D eigenvalue weighted by molar-refractivity contribution is 7.83. The fourth-order valence-electron chi connectivity index (χ4n) is 3.60. The highest BCUT2D eigenvalue weighted by Gasteiger charge is 2.20. The number of hydrogen-bond acceptors (Lipinski definition) is 7. The van der Waals surface area contributed by atoms with Gasteiger partial charge in [0.25, 0.3) is 0 Å². The number of benzene rings is 1. The lowest BCUT2D eigenvalue weighted by Crippen LogP contribution is -2.01. The highest BCUT2D eigenvalue weighted by atomic mass is 32.2. The zero-order valence-corrected chi connectivity index (χ0v) is 19.0. The molecule has 0 N–H and O–H groups in total. The second-order valence-corrected chi connectivity index (χ2v) is 10.3. The maximum absolute atomic E-state index is 12.7. The lowest BCUT2D eigenvalue weighted by Gasteiger charge is -2.08. The Kier molecular flexibility index (Phi) is 6.62. The van der Waals surface area contributed by atoms with E-state index < -0.39 is 10.8 Å². The summed E-state index contributed by atoms with van der Waals surface area (Å²) in [5.74, 6) is 2.99. The van der Waals surface area contributed by atoms with Gasteiger partial charge >= 0.3 is 0 Å². The van der Waals surface area contributed by atoms with E-state index in [4.69, 9.17) is 14.5 Å². The first-order chi connectivity index (χ1) is 14.2. The maximum Gasteiger partial charge on any atom is 0.132 e. The van der Waals surface area contributed by atoms with Gasteiger partial charge in [0.1, 0.15) is 16.5 Å². The molecular weight excluding hydrogens is 424 g/mol. The quantitative estimate of drug-likeness (QED) is 0.462. The van der Waals surface area contributed by atoms with Crippen molar-refractivity contribution in [2.24, 2.45) is 0 Å². The standard InChI is InChI=1S/C21H24N2O3S3/c1-25-17-7-8-18(19(9-17)26-2)21-23-16(11-28-21)13-29(24)12-15-10-27-20(22-15)14-5-3-4-6-14/h7-11,14H,3-6,12-13H2,1-2H3. The van der Waals surface area contributed by atoms with Gasteiger partial charge in [-0.3, -0.25) is 4.21 Å². The molecule has 2 heterocycles. The summed E-state index contributed by atoms with van der Waals surface area (Å²) in [6.45, 7) is 0. The van der Waals surface area contributed by atoms with E-state index in [1.807, 2.05) is 23.6 Å². The van der Waals surface area contributed by atoms with Crippen LogP contribution >= 0.6 is 22.7 Å². The third kappa shape index (κ3) is 4.87. The van der Waals surface area contributed by atoms with Crippen molar-refractivity contribution in [3.63, 3.8) is 0 Å². The van der Waals surface area contributed by atoms with Gasteiger partial charge in [-0.15, -0.1) is 22.7 Å². The summed E-state index contributed by atoms with van der Waals surface area (Å²) in [6.07, 6.45) is 5.09. The molecule has 29 heavy (non-hydrogen) atoms. The van der Waals surface area contributed by atoms with E-state index >= 15 is 0 Å². The van der Waals surface area contributed by atoms with Crippen LogP contribution in [0.1, 0.15) is 48.0 Å². The van der Waals surface area contributed by atoms with Gasteiger partial charge in [-0.25, -0.2) is 9.97 Å². The Morgan fingerprint density at radius 2 is 1.76 bits per heavy atom. The average Bonchev–Trinajstić information content (AvgIpc) is 3.49. The van der Waals surface area contributed by atoms with Crippen LogP contribution in [-0.2, 0) is 22.3 Å². The van der Waals surface area contributed by atoms with Crippen molar-refractivity contribution >= 4 is 33.5 Å². The van der Waals surface area contributed by atoms with Crippen LogP contribution < -0.4 is 9.47 Å². The molecule has 2 aromatic heterocycles. The summed E-state index contributed by atoms with van der Waals surface area (Å²) < 4.78 is 23.4. The van der Waals surface area contributed by atoms with Crippen LogP contribution in [0.5, 0.6) is 11.5 Å². The minimum absolute atomic E-state index is 0.436. The summed E-state index contributed by atoms with van der Waals surface area (Å²) in [7, 11) is 2.24. The van der Waals surface area contributed by atoms with Crippen LogP contribution in [0.25, 0.3) is 10.6 Å². The molecule has 4 rings (SSSR count). The Morgan fingerprint density at radius 3 is 2.48 bits per heavy atom. The van der Waals surface area contributed by atoms with Crippen LogP contribution in [0.15, 0.2) is 29.0 Å². The minimum atomic E-state index is -1.03. The van der Waals surface area contributed by atoms with Crippen LogP contribution in [0.4, 0.5) is 0 Å². The Bertz CT molecular complexity index is 993. The molecule has 0 saturated heterocycles. The summed E-state index contributed by atoms with van der Waals surface area (Å²) in [6, 6.07) is 5.68. The van der Waals surface area contributed by atoms with Crippen molar-refractivity contribution in [2.45, 2.75) is 43.1 Å². The zero-order valence-electron chi connectivity index (χ0n) is 16.6. The van der Waals surface area contributed by atoms with Crippen molar-refractivity contribution < 1.29 is 13.7 Å². The Hall–Kier alpha value is -1.77. The second-order valence-electron chi connectivity index (χ2n) is 7.10. The molecule has 8 heteroatoms. The fourth-order valence-corrected chi connectivity index (χ4v) is 6.71. The molecule has 1 atom stereocenters. The molecule has 1 saturated carbocycles.